The molecule has 0 aliphatic rings. The predicted molar refractivity (Wildman–Crippen MR) is 74.2 cm³/mol. The van der Waals surface area contributed by atoms with E-state index in [1.165, 1.54) is 0 Å². The zero-order valence-corrected chi connectivity index (χ0v) is 12.0. The van der Waals surface area contributed by atoms with Crippen molar-refractivity contribution in [3.8, 4) is 5.75 Å². The Kier molecular flexibility index (Phi) is 4.35. The van der Waals surface area contributed by atoms with Crippen LogP contribution in [0.5, 0.6) is 5.75 Å². The van der Waals surface area contributed by atoms with Gasteiger partial charge in [0.05, 0.1) is 18.3 Å². The summed E-state index contributed by atoms with van der Waals surface area (Å²) in [4.78, 5) is 12.1. The third-order valence-electron chi connectivity index (χ3n) is 3.26. The van der Waals surface area contributed by atoms with E-state index in [2.05, 4.69) is 10.6 Å². The molecule has 0 fully saturated rings. The van der Waals surface area contributed by atoms with Gasteiger partial charge in [-0.3, -0.25) is 4.79 Å². The summed E-state index contributed by atoms with van der Waals surface area (Å²) < 4.78 is 5.29. The van der Waals surface area contributed by atoms with Gasteiger partial charge in [-0.25, -0.2) is 0 Å². The molecule has 0 spiro atoms. The van der Waals surface area contributed by atoms with Crippen LogP contribution in [0.4, 0.5) is 5.69 Å². The highest BCUT2D eigenvalue weighted by Crippen LogP contribution is 2.28. The topological polar surface area (TPSA) is 50.4 Å². The Bertz CT molecular complexity index is 453. The molecule has 1 aromatic carbocycles. The van der Waals surface area contributed by atoms with E-state index in [4.69, 9.17) is 4.74 Å². The Balaban J connectivity index is 3.04. The molecule has 0 radical (unpaired) electrons. The summed E-state index contributed by atoms with van der Waals surface area (Å²) in [6.07, 6.45) is 0. The van der Waals surface area contributed by atoms with Crippen molar-refractivity contribution in [2.45, 2.75) is 33.2 Å². The highest BCUT2D eigenvalue weighted by Gasteiger charge is 2.26. The SMILES string of the molecule is CNC(C)(C)C(=O)Nc1cc(C)c(C)cc1OC. The van der Waals surface area contributed by atoms with Crippen LogP contribution in [0.2, 0.25) is 0 Å². The summed E-state index contributed by atoms with van der Waals surface area (Å²) in [5.74, 6) is 0.588. The summed E-state index contributed by atoms with van der Waals surface area (Å²) in [6.45, 7) is 7.68. The van der Waals surface area contributed by atoms with Crippen LogP contribution < -0.4 is 15.4 Å². The Morgan fingerprint density at radius 1 is 1.22 bits per heavy atom. The molecule has 18 heavy (non-hydrogen) atoms. The molecule has 100 valence electrons. The van der Waals surface area contributed by atoms with Gasteiger partial charge >= 0.3 is 0 Å². The number of aryl methyl sites for hydroxylation is 2. The Hall–Kier alpha value is -1.55. The lowest BCUT2D eigenvalue weighted by atomic mass is 10.0. The van der Waals surface area contributed by atoms with Crippen molar-refractivity contribution < 1.29 is 9.53 Å². The van der Waals surface area contributed by atoms with E-state index >= 15 is 0 Å². The third-order valence-corrected chi connectivity index (χ3v) is 3.26. The normalized spacial score (nSPS) is 11.2. The molecule has 0 unspecified atom stereocenters. The zero-order chi connectivity index (χ0) is 13.9. The first-order chi connectivity index (χ1) is 8.31. The van der Waals surface area contributed by atoms with Gasteiger partial charge in [-0.2, -0.15) is 0 Å². The molecule has 0 saturated carbocycles. The van der Waals surface area contributed by atoms with Crippen molar-refractivity contribution in [2.24, 2.45) is 0 Å². The molecule has 0 aliphatic carbocycles. The van der Waals surface area contributed by atoms with Gasteiger partial charge in [0.15, 0.2) is 0 Å². The summed E-state index contributed by atoms with van der Waals surface area (Å²) >= 11 is 0. The molecule has 1 rings (SSSR count). The number of ether oxygens (including phenoxy) is 1. The maximum absolute atomic E-state index is 12.1. The van der Waals surface area contributed by atoms with Crippen LogP contribution in [0, 0.1) is 13.8 Å². The number of benzene rings is 1. The van der Waals surface area contributed by atoms with E-state index in [1.54, 1.807) is 14.2 Å². The van der Waals surface area contributed by atoms with E-state index in [1.807, 2.05) is 39.8 Å². The second-order valence-electron chi connectivity index (χ2n) is 4.97. The number of anilines is 1. The van der Waals surface area contributed by atoms with Gasteiger partial charge in [-0.1, -0.05) is 0 Å². The van der Waals surface area contributed by atoms with Crippen molar-refractivity contribution in [3.05, 3.63) is 23.3 Å². The minimum absolute atomic E-state index is 0.0912. The van der Waals surface area contributed by atoms with Crippen LogP contribution in [-0.4, -0.2) is 25.6 Å². The summed E-state index contributed by atoms with van der Waals surface area (Å²) in [7, 11) is 3.36. The van der Waals surface area contributed by atoms with Crippen LogP contribution in [0.3, 0.4) is 0 Å². The lowest BCUT2D eigenvalue weighted by Crippen LogP contribution is -2.47. The maximum atomic E-state index is 12.1. The van der Waals surface area contributed by atoms with Crippen molar-refractivity contribution in [3.63, 3.8) is 0 Å². The molecule has 1 aromatic rings. The number of hydrogen-bond acceptors (Lipinski definition) is 3. The van der Waals surface area contributed by atoms with Gasteiger partial charge in [-0.15, -0.1) is 0 Å². The molecule has 0 heterocycles. The highest BCUT2D eigenvalue weighted by atomic mass is 16.5. The number of likely N-dealkylation sites (N-methyl/N-ethyl adjacent to an activating group) is 1. The minimum atomic E-state index is -0.621. The van der Waals surface area contributed by atoms with Crippen molar-refractivity contribution in [1.82, 2.24) is 5.32 Å². The van der Waals surface area contributed by atoms with Crippen LogP contribution in [0.1, 0.15) is 25.0 Å². The first kappa shape index (κ1) is 14.5. The number of hydrogen-bond donors (Lipinski definition) is 2. The molecular formula is C14H22N2O2. The van der Waals surface area contributed by atoms with E-state index in [0.717, 1.165) is 11.1 Å². The first-order valence-corrected chi connectivity index (χ1v) is 5.97. The van der Waals surface area contributed by atoms with E-state index in [-0.39, 0.29) is 5.91 Å². The Morgan fingerprint density at radius 3 is 2.28 bits per heavy atom. The fraction of sp³-hybridized carbons (Fsp3) is 0.500. The van der Waals surface area contributed by atoms with E-state index < -0.39 is 5.54 Å². The summed E-state index contributed by atoms with van der Waals surface area (Å²) in [5.41, 5.74) is 2.34. The lowest BCUT2D eigenvalue weighted by Gasteiger charge is -2.23. The van der Waals surface area contributed by atoms with Crippen molar-refractivity contribution in [2.75, 3.05) is 19.5 Å². The molecule has 0 aliphatic heterocycles. The van der Waals surface area contributed by atoms with E-state index in [0.29, 0.717) is 11.4 Å². The average molecular weight is 250 g/mol. The number of amides is 1. The largest absolute Gasteiger partial charge is 0.495 e. The minimum Gasteiger partial charge on any atom is -0.495 e. The molecular weight excluding hydrogens is 228 g/mol. The van der Waals surface area contributed by atoms with Gasteiger partial charge in [-0.05, 0) is 58.0 Å². The quantitative estimate of drug-likeness (QED) is 0.861. The predicted octanol–water partition coefficient (Wildman–Crippen LogP) is 2.25. The molecule has 0 aromatic heterocycles. The molecule has 0 saturated heterocycles. The maximum Gasteiger partial charge on any atom is 0.244 e. The smallest absolute Gasteiger partial charge is 0.244 e. The zero-order valence-electron chi connectivity index (χ0n) is 12.0. The molecule has 0 bridgehead atoms. The molecule has 4 nitrogen and oxygen atoms in total. The van der Waals surface area contributed by atoms with Gasteiger partial charge in [0.1, 0.15) is 5.75 Å². The van der Waals surface area contributed by atoms with Crippen LogP contribution in [0.25, 0.3) is 0 Å². The van der Waals surface area contributed by atoms with E-state index in [9.17, 15) is 4.79 Å². The fourth-order valence-corrected chi connectivity index (χ4v) is 1.45. The van der Waals surface area contributed by atoms with Crippen LogP contribution in [0.15, 0.2) is 12.1 Å². The lowest BCUT2D eigenvalue weighted by molar-refractivity contribution is -0.121. The number of nitrogens with one attached hydrogen (secondary N) is 2. The number of rotatable bonds is 4. The monoisotopic (exact) mass is 250 g/mol. The Morgan fingerprint density at radius 2 is 1.78 bits per heavy atom. The van der Waals surface area contributed by atoms with Crippen molar-refractivity contribution in [1.29, 1.82) is 0 Å². The number of methoxy groups -OCH3 is 1. The van der Waals surface area contributed by atoms with Crippen LogP contribution in [-0.2, 0) is 4.79 Å². The van der Waals surface area contributed by atoms with Gasteiger partial charge in [0.25, 0.3) is 0 Å². The second kappa shape index (κ2) is 5.40. The highest BCUT2D eigenvalue weighted by molar-refractivity contribution is 5.98. The Labute approximate surface area is 109 Å². The number of carbonyl (C=O) groups excluding carboxylic acids is 1. The standard InChI is InChI=1S/C14H22N2O2/c1-9-7-11(12(18-6)8-10(9)2)16-13(17)14(3,4)15-5/h7-8,15H,1-6H3,(H,16,17). The third kappa shape index (κ3) is 3.01. The van der Waals surface area contributed by atoms with Gasteiger partial charge < -0.3 is 15.4 Å². The average Bonchev–Trinajstić information content (AvgIpc) is 2.33. The molecule has 1 amide bonds. The van der Waals surface area contributed by atoms with Crippen LogP contribution >= 0.6 is 0 Å². The number of carbonyl (C=O) groups is 1. The van der Waals surface area contributed by atoms with Crippen molar-refractivity contribution >= 4 is 11.6 Å². The van der Waals surface area contributed by atoms with Gasteiger partial charge in [0.2, 0.25) is 5.91 Å². The fourth-order valence-electron chi connectivity index (χ4n) is 1.45. The first-order valence-electron chi connectivity index (χ1n) is 5.97. The molecule has 2 N–H and O–H groups in total. The summed E-state index contributed by atoms with van der Waals surface area (Å²) in [6, 6.07) is 3.86. The second-order valence-corrected chi connectivity index (χ2v) is 4.97. The van der Waals surface area contributed by atoms with Gasteiger partial charge in [0, 0.05) is 0 Å². The molecule has 4 heteroatoms. The molecule has 0 atom stereocenters. The summed E-state index contributed by atoms with van der Waals surface area (Å²) in [5, 5.41) is 5.87.